The molecule has 7 heteroatoms. The number of methoxy groups -OCH3 is 1. The molecule has 0 amide bonds. The summed E-state index contributed by atoms with van der Waals surface area (Å²) < 4.78 is 10.1. The number of thiocarbonyl (C=S) groups is 1. The molecule has 1 aromatic carbocycles. The lowest BCUT2D eigenvalue weighted by Gasteiger charge is -2.15. The van der Waals surface area contributed by atoms with Crippen LogP contribution in [0, 0.1) is 0 Å². The van der Waals surface area contributed by atoms with Gasteiger partial charge in [0.05, 0.1) is 17.2 Å². The van der Waals surface area contributed by atoms with Crippen LogP contribution < -0.4 is 5.32 Å². The third-order valence-corrected chi connectivity index (χ3v) is 3.36. The fourth-order valence-electron chi connectivity index (χ4n) is 1.67. The Bertz CT molecular complexity index is 534. The van der Waals surface area contributed by atoms with Gasteiger partial charge in [0.2, 0.25) is 0 Å². The summed E-state index contributed by atoms with van der Waals surface area (Å²) in [4.78, 5) is 11.3. The minimum atomic E-state index is -1.09. The molecule has 0 saturated carbocycles. The van der Waals surface area contributed by atoms with Gasteiger partial charge in [-0.05, 0) is 35.8 Å². The maximum absolute atomic E-state index is 11.3. The van der Waals surface area contributed by atoms with Crippen molar-refractivity contribution in [2.75, 3.05) is 25.6 Å². The molecule has 0 unspecified atom stereocenters. The van der Waals surface area contributed by atoms with Crippen LogP contribution in [-0.2, 0) is 9.47 Å². The van der Waals surface area contributed by atoms with E-state index in [4.69, 9.17) is 33.3 Å². The van der Waals surface area contributed by atoms with Crippen molar-refractivity contribution < 1.29 is 19.4 Å². The highest BCUT2D eigenvalue weighted by molar-refractivity contribution is 7.80. The van der Waals surface area contributed by atoms with Crippen LogP contribution in [0.3, 0.4) is 0 Å². The highest BCUT2D eigenvalue weighted by Gasteiger charge is 2.17. The Morgan fingerprint density at radius 2 is 2.10 bits per heavy atom. The Kier molecular flexibility index (Phi) is 6.87. The number of carboxylic acid groups (broad SMARTS) is 1. The van der Waals surface area contributed by atoms with E-state index < -0.39 is 5.97 Å². The zero-order valence-corrected chi connectivity index (χ0v) is 13.7. The number of hydrogen-bond donors (Lipinski definition) is 2. The summed E-state index contributed by atoms with van der Waals surface area (Å²) in [5.41, 5.74) is 1.30. The molecule has 0 fully saturated rings. The maximum Gasteiger partial charge on any atom is 0.337 e. The van der Waals surface area contributed by atoms with Crippen LogP contribution in [0.2, 0.25) is 5.02 Å². The van der Waals surface area contributed by atoms with Crippen LogP contribution in [0.25, 0.3) is 0 Å². The second kappa shape index (κ2) is 8.17. The molecule has 0 atom stereocenters. The van der Waals surface area contributed by atoms with Crippen molar-refractivity contribution in [3.05, 3.63) is 28.3 Å². The first-order chi connectivity index (χ1) is 9.86. The SMILES string of the molecule is COCCOC(=S)Nc1cc(C(=O)O)c(Cl)c(C(C)C)c1. The first kappa shape index (κ1) is 17.7. The van der Waals surface area contributed by atoms with E-state index in [0.29, 0.717) is 18.9 Å². The molecule has 5 nitrogen and oxygen atoms in total. The van der Waals surface area contributed by atoms with Crippen molar-refractivity contribution in [3.63, 3.8) is 0 Å². The lowest BCUT2D eigenvalue weighted by Crippen LogP contribution is -2.17. The molecule has 21 heavy (non-hydrogen) atoms. The van der Waals surface area contributed by atoms with Gasteiger partial charge in [-0.1, -0.05) is 25.4 Å². The lowest BCUT2D eigenvalue weighted by molar-refractivity contribution is 0.0697. The number of hydrogen-bond acceptors (Lipinski definition) is 4. The van der Waals surface area contributed by atoms with Crippen molar-refractivity contribution in [1.82, 2.24) is 0 Å². The predicted octanol–water partition coefficient (Wildman–Crippen LogP) is 3.52. The van der Waals surface area contributed by atoms with Gasteiger partial charge in [-0.15, -0.1) is 0 Å². The largest absolute Gasteiger partial charge is 0.478 e. The smallest absolute Gasteiger partial charge is 0.337 e. The van der Waals surface area contributed by atoms with Crippen LogP contribution in [0.4, 0.5) is 5.69 Å². The summed E-state index contributed by atoms with van der Waals surface area (Å²) in [5, 5.41) is 12.5. The Morgan fingerprint density at radius 3 is 2.62 bits per heavy atom. The normalized spacial score (nSPS) is 10.5. The number of halogens is 1. The van der Waals surface area contributed by atoms with Gasteiger partial charge in [0.15, 0.2) is 0 Å². The van der Waals surface area contributed by atoms with Crippen molar-refractivity contribution in [2.45, 2.75) is 19.8 Å². The Labute approximate surface area is 134 Å². The predicted molar refractivity (Wildman–Crippen MR) is 86.5 cm³/mol. The van der Waals surface area contributed by atoms with E-state index in [1.165, 1.54) is 6.07 Å². The number of carbonyl (C=O) groups is 1. The average molecular weight is 332 g/mol. The quantitative estimate of drug-likeness (QED) is 0.614. The van der Waals surface area contributed by atoms with Gasteiger partial charge in [0.1, 0.15) is 6.61 Å². The molecule has 0 aliphatic heterocycles. The van der Waals surface area contributed by atoms with Gasteiger partial charge in [-0.25, -0.2) is 4.79 Å². The van der Waals surface area contributed by atoms with Gasteiger partial charge in [-0.3, -0.25) is 0 Å². The summed E-state index contributed by atoms with van der Waals surface area (Å²) in [5.74, 6) is -1.00. The summed E-state index contributed by atoms with van der Waals surface area (Å²) in [7, 11) is 1.56. The van der Waals surface area contributed by atoms with Crippen molar-refractivity contribution >= 4 is 40.7 Å². The van der Waals surface area contributed by atoms with E-state index in [1.54, 1.807) is 13.2 Å². The van der Waals surface area contributed by atoms with Crippen LogP contribution in [0.15, 0.2) is 12.1 Å². The fraction of sp³-hybridized carbons (Fsp3) is 0.429. The number of benzene rings is 1. The van der Waals surface area contributed by atoms with E-state index in [1.807, 2.05) is 13.8 Å². The third-order valence-electron chi connectivity index (χ3n) is 2.72. The van der Waals surface area contributed by atoms with Crippen LogP contribution in [-0.4, -0.2) is 36.6 Å². The molecule has 0 saturated heterocycles. The second-order valence-corrected chi connectivity index (χ2v) is 5.39. The minimum Gasteiger partial charge on any atom is -0.478 e. The van der Waals surface area contributed by atoms with Crippen LogP contribution in [0.1, 0.15) is 35.7 Å². The van der Waals surface area contributed by atoms with Gasteiger partial charge < -0.3 is 19.9 Å². The Hall–Kier alpha value is -1.37. The molecule has 0 spiro atoms. The molecule has 0 heterocycles. The topological polar surface area (TPSA) is 67.8 Å². The van der Waals surface area contributed by atoms with Gasteiger partial charge in [0.25, 0.3) is 5.17 Å². The third kappa shape index (κ3) is 5.15. The van der Waals surface area contributed by atoms with Crippen molar-refractivity contribution in [2.24, 2.45) is 0 Å². The van der Waals surface area contributed by atoms with Gasteiger partial charge >= 0.3 is 5.97 Å². The molecular formula is C14H18ClNO4S. The summed E-state index contributed by atoms with van der Waals surface area (Å²) >= 11 is 11.2. The monoisotopic (exact) mass is 331 g/mol. The molecule has 0 aromatic heterocycles. The number of ether oxygens (including phenoxy) is 2. The zero-order valence-electron chi connectivity index (χ0n) is 12.1. The molecule has 0 radical (unpaired) electrons. The number of rotatable bonds is 6. The molecule has 2 N–H and O–H groups in total. The number of aromatic carboxylic acids is 1. The van der Waals surface area contributed by atoms with E-state index in [-0.39, 0.29) is 21.7 Å². The molecule has 1 rings (SSSR count). The molecule has 116 valence electrons. The van der Waals surface area contributed by atoms with Crippen LogP contribution in [0.5, 0.6) is 0 Å². The highest BCUT2D eigenvalue weighted by atomic mass is 35.5. The Morgan fingerprint density at radius 1 is 1.43 bits per heavy atom. The van der Waals surface area contributed by atoms with Crippen LogP contribution >= 0.6 is 23.8 Å². The summed E-state index contributed by atoms with van der Waals surface area (Å²) in [6, 6.07) is 3.20. The average Bonchev–Trinajstić information content (AvgIpc) is 2.40. The molecular weight excluding hydrogens is 314 g/mol. The molecule has 0 bridgehead atoms. The summed E-state index contributed by atoms with van der Waals surface area (Å²) in [6.07, 6.45) is 0. The second-order valence-electron chi connectivity index (χ2n) is 4.64. The summed E-state index contributed by atoms with van der Waals surface area (Å²) in [6.45, 7) is 4.60. The molecule has 0 aliphatic rings. The van der Waals surface area contributed by atoms with Crippen molar-refractivity contribution in [1.29, 1.82) is 0 Å². The number of carboxylic acids is 1. The first-order valence-electron chi connectivity index (χ1n) is 6.36. The van der Waals surface area contributed by atoms with E-state index in [0.717, 1.165) is 5.56 Å². The lowest BCUT2D eigenvalue weighted by atomic mass is 9.99. The minimum absolute atomic E-state index is 0.0325. The first-order valence-corrected chi connectivity index (χ1v) is 7.14. The maximum atomic E-state index is 11.3. The number of nitrogens with one attached hydrogen (secondary N) is 1. The van der Waals surface area contributed by atoms with Crippen molar-refractivity contribution in [3.8, 4) is 0 Å². The van der Waals surface area contributed by atoms with E-state index in [9.17, 15) is 9.90 Å². The standard InChI is InChI=1S/C14H18ClNO4S/c1-8(2)10-6-9(7-11(12(10)15)13(17)18)16-14(21)20-5-4-19-3/h6-8H,4-5H2,1-3H3,(H,16,21)(H,17,18). The van der Waals surface area contributed by atoms with Gasteiger partial charge in [-0.2, -0.15) is 0 Å². The van der Waals surface area contributed by atoms with E-state index in [2.05, 4.69) is 5.32 Å². The highest BCUT2D eigenvalue weighted by Crippen LogP contribution is 2.31. The zero-order chi connectivity index (χ0) is 16.0. The fourth-order valence-corrected chi connectivity index (χ4v) is 2.28. The van der Waals surface area contributed by atoms with E-state index >= 15 is 0 Å². The molecule has 1 aromatic rings. The van der Waals surface area contributed by atoms with Gasteiger partial charge in [0, 0.05) is 12.8 Å². The molecule has 0 aliphatic carbocycles. The Balaban J connectivity index is 2.97. The number of anilines is 1.